The van der Waals surface area contributed by atoms with Gasteiger partial charge in [0.1, 0.15) is 22.6 Å². The van der Waals surface area contributed by atoms with Crippen LogP contribution in [0.1, 0.15) is 22.3 Å². The molecule has 0 aliphatic carbocycles. The number of hydrogen-bond donors (Lipinski definition) is 1. The number of halogens is 1. The number of methoxy groups -OCH3 is 2. The maximum absolute atomic E-state index is 12.2. The first-order chi connectivity index (χ1) is 15.9. The smallest absolute Gasteiger partial charge is 0.349 e. The molecular weight excluding hydrogens is 494 g/mol. The zero-order valence-electron chi connectivity index (χ0n) is 18.1. The van der Waals surface area contributed by atoms with Crippen molar-refractivity contribution < 1.29 is 28.2 Å². The van der Waals surface area contributed by atoms with Crippen molar-refractivity contribution in [2.24, 2.45) is 0 Å². The fraction of sp³-hybridized carbons (Fsp3) is 0.208. The number of rotatable bonds is 9. The largest absolute Gasteiger partial charge is 0.496 e. The fourth-order valence-electron chi connectivity index (χ4n) is 2.93. The highest BCUT2D eigenvalue weighted by molar-refractivity contribution is 9.10. The molecule has 0 fully saturated rings. The number of benzene rings is 2. The van der Waals surface area contributed by atoms with Crippen LogP contribution in [0.25, 0.3) is 17.0 Å². The van der Waals surface area contributed by atoms with Crippen LogP contribution in [-0.4, -0.2) is 39.2 Å². The zero-order chi connectivity index (χ0) is 23.8. The Morgan fingerprint density at radius 3 is 2.67 bits per heavy atom. The third kappa shape index (κ3) is 6.53. The second-order valence-corrected chi connectivity index (χ2v) is 7.75. The van der Waals surface area contributed by atoms with E-state index in [0.717, 1.165) is 10.0 Å². The molecular formula is C24H22BrNO7. The Kier molecular flexibility index (Phi) is 8.39. The Hall–Kier alpha value is -3.43. The van der Waals surface area contributed by atoms with E-state index in [9.17, 15) is 14.4 Å². The van der Waals surface area contributed by atoms with E-state index < -0.39 is 17.5 Å². The van der Waals surface area contributed by atoms with Gasteiger partial charge in [-0.05, 0) is 64.3 Å². The molecule has 0 unspecified atom stereocenters. The quantitative estimate of drug-likeness (QED) is 0.151. The van der Waals surface area contributed by atoms with Gasteiger partial charge in [0.25, 0.3) is 5.91 Å². The van der Waals surface area contributed by atoms with Crippen molar-refractivity contribution in [3.05, 3.63) is 74.6 Å². The summed E-state index contributed by atoms with van der Waals surface area (Å²) in [5, 5.41) is 3.17. The van der Waals surface area contributed by atoms with E-state index in [-0.39, 0.29) is 16.9 Å². The van der Waals surface area contributed by atoms with Crippen molar-refractivity contribution in [2.45, 2.75) is 6.42 Å². The topological polar surface area (TPSA) is 104 Å². The molecule has 1 heterocycles. The van der Waals surface area contributed by atoms with Gasteiger partial charge in [0.05, 0.1) is 11.6 Å². The first-order valence-corrected chi connectivity index (χ1v) is 10.8. The summed E-state index contributed by atoms with van der Waals surface area (Å²) >= 11 is 3.39. The molecule has 0 aliphatic heterocycles. The highest BCUT2D eigenvalue weighted by atomic mass is 79.9. The number of ether oxygens (including phenoxy) is 3. The van der Waals surface area contributed by atoms with Crippen LogP contribution in [0, 0.1) is 0 Å². The minimum atomic E-state index is -0.778. The molecule has 0 spiro atoms. The monoisotopic (exact) mass is 515 g/mol. The molecule has 1 amide bonds. The molecule has 0 saturated heterocycles. The number of hydrogen-bond acceptors (Lipinski definition) is 7. The first kappa shape index (κ1) is 24.2. The van der Waals surface area contributed by atoms with Crippen molar-refractivity contribution in [1.82, 2.24) is 5.32 Å². The van der Waals surface area contributed by atoms with E-state index >= 15 is 0 Å². The normalized spacial score (nSPS) is 11.0. The van der Waals surface area contributed by atoms with E-state index in [2.05, 4.69) is 21.2 Å². The van der Waals surface area contributed by atoms with Gasteiger partial charge >= 0.3 is 11.6 Å². The molecule has 1 N–H and O–H groups in total. The minimum Gasteiger partial charge on any atom is -0.496 e. The lowest BCUT2D eigenvalue weighted by Crippen LogP contribution is -2.29. The van der Waals surface area contributed by atoms with E-state index in [1.165, 1.54) is 18.2 Å². The molecule has 3 aromatic rings. The number of nitrogens with one attached hydrogen (secondary N) is 1. The Morgan fingerprint density at radius 2 is 1.94 bits per heavy atom. The van der Waals surface area contributed by atoms with Crippen molar-refractivity contribution >= 4 is 44.9 Å². The standard InChI is InChI=1S/C24H22BrNO7/c1-30-11-3-10-26-23(28)18-13-16-6-7-17(14-21(16)33-24(18)29)32-22(27)9-5-15-4-8-20(31-2)19(25)12-15/h4-9,12-14H,3,10-11H2,1-2H3,(H,26,28)/b9-5+. The number of amides is 1. The number of carbonyl (C=O) groups is 2. The van der Waals surface area contributed by atoms with Gasteiger partial charge in [0.2, 0.25) is 0 Å². The lowest BCUT2D eigenvalue weighted by molar-refractivity contribution is -0.128. The Labute approximate surface area is 198 Å². The van der Waals surface area contributed by atoms with Gasteiger partial charge in [-0.3, -0.25) is 4.79 Å². The number of fused-ring (bicyclic) bond motifs is 1. The number of carbonyl (C=O) groups excluding carboxylic acids is 2. The Balaban J connectivity index is 1.69. The Morgan fingerprint density at radius 1 is 1.12 bits per heavy atom. The molecule has 172 valence electrons. The molecule has 0 aliphatic rings. The van der Waals surface area contributed by atoms with E-state index in [4.69, 9.17) is 18.6 Å². The van der Waals surface area contributed by atoms with Gasteiger partial charge in [-0.25, -0.2) is 9.59 Å². The van der Waals surface area contributed by atoms with Crippen LogP contribution in [0.4, 0.5) is 0 Å². The molecule has 0 bridgehead atoms. The SMILES string of the molecule is COCCCNC(=O)c1cc2ccc(OC(=O)/C=C/c3ccc(OC)c(Br)c3)cc2oc1=O. The summed E-state index contributed by atoms with van der Waals surface area (Å²) in [5.41, 5.74) is 0.0971. The van der Waals surface area contributed by atoms with Gasteiger partial charge in [-0.2, -0.15) is 0 Å². The van der Waals surface area contributed by atoms with Gasteiger partial charge < -0.3 is 23.9 Å². The van der Waals surface area contributed by atoms with Crippen LogP contribution in [0.5, 0.6) is 11.5 Å². The van der Waals surface area contributed by atoms with Gasteiger partial charge in [-0.1, -0.05) is 6.07 Å². The van der Waals surface area contributed by atoms with Crippen molar-refractivity contribution in [1.29, 1.82) is 0 Å². The lowest BCUT2D eigenvalue weighted by Gasteiger charge is -2.06. The van der Waals surface area contributed by atoms with Crippen molar-refractivity contribution in [2.75, 3.05) is 27.4 Å². The summed E-state index contributed by atoms with van der Waals surface area (Å²) in [6.45, 7) is 0.876. The molecule has 0 radical (unpaired) electrons. The molecule has 1 aromatic heterocycles. The lowest BCUT2D eigenvalue weighted by atomic mass is 10.1. The van der Waals surface area contributed by atoms with Gasteiger partial charge in [0, 0.05) is 37.8 Å². The second-order valence-electron chi connectivity index (χ2n) is 6.90. The minimum absolute atomic E-state index is 0.0988. The maximum Gasteiger partial charge on any atom is 0.349 e. The molecule has 0 atom stereocenters. The zero-order valence-corrected chi connectivity index (χ0v) is 19.6. The highest BCUT2D eigenvalue weighted by Crippen LogP contribution is 2.26. The van der Waals surface area contributed by atoms with Crippen LogP contribution in [-0.2, 0) is 9.53 Å². The van der Waals surface area contributed by atoms with Crippen LogP contribution >= 0.6 is 15.9 Å². The highest BCUT2D eigenvalue weighted by Gasteiger charge is 2.14. The average Bonchev–Trinajstić information content (AvgIpc) is 2.80. The predicted octanol–water partition coefficient (Wildman–Crippen LogP) is 3.95. The van der Waals surface area contributed by atoms with Crippen molar-refractivity contribution in [3.63, 3.8) is 0 Å². The molecule has 3 rings (SSSR count). The van der Waals surface area contributed by atoms with E-state index in [0.29, 0.717) is 30.7 Å². The molecule has 9 heteroatoms. The summed E-state index contributed by atoms with van der Waals surface area (Å²) < 4.78 is 21.4. The van der Waals surface area contributed by atoms with E-state index in [1.807, 2.05) is 0 Å². The average molecular weight is 516 g/mol. The van der Waals surface area contributed by atoms with Gasteiger partial charge in [0.15, 0.2) is 0 Å². The Bertz CT molecular complexity index is 1250. The third-order valence-corrected chi connectivity index (χ3v) is 5.19. The van der Waals surface area contributed by atoms with Crippen LogP contribution in [0.15, 0.2) is 62.2 Å². The van der Waals surface area contributed by atoms with Crippen LogP contribution in [0.3, 0.4) is 0 Å². The van der Waals surface area contributed by atoms with Crippen LogP contribution < -0.4 is 20.4 Å². The van der Waals surface area contributed by atoms with E-state index in [1.54, 1.807) is 50.6 Å². The predicted molar refractivity (Wildman–Crippen MR) is 127 cm³/mol. The molecule has 2 aromatic carbocycles. The van der Waals surface area contributed by atoms with Crippen molar-refractivity contribution in [3.8, 4) is 11.5 Å². The summed E-state index contributed by atoms with van der Waals surface area (Å²) in [6, 6.07) is 11.4. The number of esters is 1. The first-order valence-electron chi connectivity index (χ1n) is 9.99. The summed E-state index contributed by atoms with van der Waals surface area (Å²) in [5.74, 6) is -0.240. The van der Waals surface area contributed by atoms with Gasteiger partial charge in [-0.15, -0.1) is 0 Å². The maximum atomic E-state index is 12.2. The third-order valence-electron chi connectivity index (χ3n) is 4.57. The summed E-state index contributed by atoms with van der Waals surface area (Å²) in [4.78, 5) is 36.7. The second kappa shape index (κ2) is 11.4. The molecule has 0 saturated carbocycles. The van der Waals surface area contributed by atoms with Crippen LogP contribution in [0.2, 0.25) is 0 Å². The summed E-state index contributed by atoms with van der Waals surface area (Å²) in [6.07, 6.45) is 3.51. The molecule has 8 nitrogen and oxygen atoms in total. The summed E-state index contributed by atoms with van der Waals surface area (Å²) in [7, 11) is 3.14. The fourth-order valence-corrected chi connectivity index (χ4v) is 3.49. The molecule has 33 heavy (non-hydrogen) atoms.